The van der Waals surface area contributed by atoms with Gasteiger partial charge in [-0.1, -0.05) is 48.5 Å². The molecule has 0 saturated carbocycles. The normalized spacial score (nSPS) is 13.5. The summed E-state index contributed by atoms with van der Waals surface area (Å²) in [5.41, 5.74) is 3.82. The lowest BCUT2D eigenvalue weighted by Gasteiger charge is -2.22. The van der Waals surface area contributed by atoms with Gasteiger partial charge in [-0.05, 0) is 47.9 Å². The number of rotatable bonds is 7. The SMILES string of the molecule is COc1ccc(C2=C(N(C)Cc3ccccc3)C(=O)N(c3cccc(C)c3)C2=O)cc1OC. The third-order valence-corrected chi connectivity index (χ3v) is 5.64. The van der Waals surface area contributed by atoms with Crippen LogP contribution in [0, 0.1) is 6.92 Å². The Balaban J connectivity index is 1.84. The van der Waals surface area contributed by atoms with E-state index in [9.17, 15) is 9.59 Å². The number of imide groups is 1. The van der Waals surface area contributed by atoms with Gasteiger partial charge in [0, 0.05) is 13.6 Å². The van der Waals surface area contributed by atoms with Crippen LogP contribution in [0.2, 0.25) is 0 Å². The third kappa shape index (κ3) is 4.20. The Kier molecular flexibility index (Phi) is 6.18. The van der Waals surface area contributed by atoms with E-state index in [1.165, 1.54) is 4.90 Å². The summed E-state index contributed by atoms with van der Waals surface area (Å²) in [5.74, 6) is 0.316. The molecule has 1 heterocycles. The molecule has 3 aromatic rings. The van der Waals surface area contributed by atoms with Crippen molar-refractivity contribution < 1.29 is 19.1 Å². The fourth-order valence-corrected chi connectivity index (χ4v) is 4.06. The van der Waals surface area contributed by atoms with Crippen molar-refractivity contribution in [3.63, 3.8) is 0 Å². The van der Waals surface area contributed by atoms with E-state index < -0.39 is 0 Å². The number of amides is 2. The van der Waals surface area contributed by atoms with Gasteiger partial charge >= 0.3 is 0 Å². The maximum Gasteiger partial charge on any atom is 0.282 e. The van der Waals surface area contributed by atoms with Crippen molar-refractivity contribution in [2.75, 3.05) is 26.2 Å². The van der Waals surface area contributed by atoms with Gasteiger partial charge in [0.15, 0.2) is 11.5 Å². The Hall–Kier alpha value is -4.06. The lowest BCUT2D eigenvalue weighted by molar-refractivity contribution is -0.120. The molecular weight excluding hydrogens is 416 g/mol. The van der Waals surface area contributed by atoms with E-state index in [2.05, 4.69) is 0 Å². The molecule has 0 aliphatic carbocycles. The quantitative estimate of drug-likeness (QED) is 0.507. The molecule has 0 atom stereocenters. The average molecular weight is 443 g/mol. The number of anilines is 1. The van der Waals surface area contributed by atoms with Crippen molar-refractivity contribution in [1.82, 2.24) is 4.90 Å². The van der Waals surface area contributed by atoms with E-state index in [4.69, 9.17) is 9.47 Å². The highest BCUT2D eigenvalue weighted by molar-refractivity contribution is 6.45. The van der Waals surface area contributed by atoms with E-state index in [1.807, 2.05) is 67.4 Å². The van der Waals surface area contributed by atoms with Crippen molar-refractivity contribution >= 4 is 23.1 Å². The molecule has 2 amide bonds. The van der Waals surface area contributed by atoms with Crippen LogP contribution in [-0.4, -0.2) is 38.0 Å². The minimum Gasteiger partial charge on any atom is -0.493 e. The third-order valence-electron chi connectivity index (χ3n) is 5.64. The summed E-state index contributed by atoms with van der Waals surface area (Å²) in [7, 11) is 4.92. The van der Waals surface area contributed by atoms with Crippen LogP contribution >= 0.6 is 0 Å². The lowest BCUT2D eigenvalue weighted by Crippen LogP contribution is -2.34. The van der Waals surface area contributed by atoms with Crippen LogP contribution in [0.15, 0.2) is 78.5 Å². The van der Waals surface area contributed by atoms with Gasteiger partial charge in [-0.25, -0.2) is 4.90 Å². The first-order chi connectivity index (χ1) is 15.9. The van der Waals surface area contributed by atoms with Crippen molar-refractivity contribution in [2.24, 2.45) is 0 Å². The summed E-state index contributed by atoms with van der Waals surface area (Å²) in [6, 6.07) is 22.5. The first-order valence-electron chi connectivity index (χ1n) is 10.6. The van der Waals surface area contributed by atoms with Crippen LogP contribution in [0.4, 0.5) is 5.69 Å². The van der Waals surface area contributed by atoms with Gasteiger partial charge in [-0.3, -0.25) is 9.59 Å². The highest BCUT2D eigenvalue weighted by atomic mass is 16.5. The molecule has 168 valence electrons. The number of nitrogens with zero attached hydrogens (tertiary/aromatic N) is 2. The number of carbonyl (C=O) groups excluding carboxylic acids is 2. The second-order valence-electron chi connectivity index (χ2n) is 7.92. The number of hydrogen-bond acceptors (Lipinski definition) is 5. The summed E-state index contributed by atoms with van der Waals surface area (Å²) >= 11 is 0. The van der Waals surface area contributed by atoms with Crippen LogP contribution in [0.3, 0.4) is 0 Å². The topological polar surface area (TPSA) is 59.1 Å². The number of aryl methyl sites for hydroxylation is 1. The fraction of sp³-hybridized carbons (Fsp3) is 0.185. The van der Waals surface area contributed by atoms with Gasteiger partial charge < -0.3 is 14.4 Å². The van der Waals surface area contributed by atoms with Gasteiger partial charge in [0.2, 0.25) is 0 Å². The molecule has 6 heteroatoms. The maximum atomic E-state index is 13.7. The van der Waals surface area contributed by atoms with Crippen LogP contribution < -0.4 is 14.4 Å². The zero-order valence-electron chi connectivity index (χ0n) is 19.2. The zero-order valence-corrected chi connectivity index (χ0v) is 19.2. The maximum absolute atomic E-state index is 13.7. The number of hydrogen-bond donors (Lipinski definition) is 0. The second kappa shape index (κ2) is 9.20. The second-order valence-corrected chi connectivity index (χ2v) is 7.92. The molecule has 0 aromatic heterocycles. The minimum atomic E-state index is -0.368. The number of carbonyl (C=O) groups is 2. The molecule has 0 spiro atoms. The summed E-state index contributed by atoms with van der Waals surface area (Å²) in [5, 5.41) is 0. The van der Waals surface area contributed by atoms with E-state index in [1.54, 1.807) is 38.5 Å². The zero-order chi connectivity index (χ0) is 23.5. The van der Waals surface area contributed by atoms with E-state index in [0.29, 0.717) is 40.6 Å². The molecule has 3 aromatic carbocycles. The van der Waals surface area contributed by atoms with Crippen LogP contribution in [0.5, 0.6) is 11.5 Å². The van der Waals surface area contributed by atoms with Crippen molar-refractivity contribution in [3.8, 4) is 11.5 Å². The first kappa shape index (κ1) is 22.1. The number of benzene rings is 3. The predicted molar refractivity (Wildman–Crippen MR) is 128 cm³/mol. The molecular formula is C27H26N2O4. The molecule has 1 aliphatic heterocycles. The average Bonchev–Trinajstić information content (AvgIpc) is 3.09. The number of methoxy groups -OCH3 is 2. The highest BCUT2D eigenvalue weighted by Crippen LogP contribution is 2.38. The van der Waals surface area contributed by atoms with Gasteiger partial charge in [-0.2, -0.15) is 0 Å². The van der Waals surface area contributed by atoms with Crippen LogP contribution in [0.25, 0.3) is 5.57 Å². The van der Waals surface area contributed by atoms with E-state index in [0.717, 1.165) is 11.1 Å². The Morgan fingerprint density at radius 1 is 0.818 bits per heavy atom. The standard InChI is InChI=1S/C27H26N2O4/c1-18-9-8-12-21(15-18)29-26(30)24(20-13-14-22(32-3)23(16-20)33-4)25(27(29)31)28(2)17-19-10-6-5-7-11-19/h5-16H,17H2,1-4H3. The van der Waals surface area contributed by atoms with E-state index in [-0.39, 0.29) is 11.8 Å². The van der Waals surface area contributed by atoms with Gasteiger partial charge in [0.1, 0.15) is 5.70 Å². The number of likely N-dealkylation sites (N-methyl/N-ethyl adjacent to an activating group) is 1. The smallest absolute Gasteiger partial charge is 0.282 e. The molecule has 0 radical (unpaired) electrons. The first-order valence-corrected chi connectivity index (χ1v) is 10.6. The Labute approximate surface area is 193 Å². The van der Waals surface area contributed by atoms with Crippen LogP contribution in [-0.2, 0) is 16.1 Å². The summed E-state index contributed by atoms with van der Waals surface area (Å²) in [6.07, 6.45) is 0. The monoisotopic (exact) mass is 442 g/mol. The summed E-state index contributed by atoms with van der Waals surface area (Å²) in [4.78, 5) is 30.4. The Morgan fingerprint density at radius 3 is 2.21 bits per heavy atom. The molecule has 0 unspecified atom stereocenters. The Morgan fingerprint density at radius 2 is 1.55 bits per heavy atom. The van der Waals surface area contributed by atoms with Gasteiger partial charge in [-0.15, -0.1) is 0 Å². The van der Waals surface area contributed by atoms with Crippen LogP contribution in [0.1, 0.15) is 16.7 Å². The fourth-order valence-electron chi connectivity index (χ4n) is 4.06. The molecule has 6 nitrogen and oxygen atoms in total. The van der Waals surface area contributed by atoms with Crippen molar-refractivity contribution in [1.29, 1.82) is 0 Å². The Bertz CT molecular complexity index is 1230. The predicted octanol–water partition coefficient (Wildman–Crippen LogP) is 4.43. The van der Waals surface area contributed by atoms with Gasteiger partial charge in [0.25, 0.3) is 11.8 Å². The van der Waals surface area contributed by atoms with Gasteiger partial charge in [0.05, 0.1) is 25.5 Å². The van der Waals surface area contributed by atoms with Crippen molar-refractivity contribution in [2.45, 2.75) is 13.5 Å². The molecule has 1 aliphatic rings. The molecule has 4 rings (SSSR count). The molecule has 0 N–H and O–H groups in total. The van der Waals surface area contributed by atoms with Crippen molar-refractivity contribution in [3.05, 3.63) is 95.2 Å². The molecule has 0 fully saturated rings. The number of ether oxygens (including phenoxy) is 2. The summed E-state index contributed by atoms with van der Waals surface area (Å²) < 4.78 is 10.8. The molecule has 33 heavy (non-hydrogen) atoms. The highest BCUT2D eigenvalue weighted by Gasteiger charge is 2.42. The minimum absolute atomic E-state index is 0.334. The van der Waals surface area contributed by atoms with E-state index >= 15 is 0 Å². The molecule has 0 saturated heterocycles. The largest absolute Gasteiger partial charge is 0.493 e. The summed E-state index contributed by atoms with van der Waals surface area (Å²) in [6.45, 7) is 2.41. The molecule has 0 bridgehead atoms. The lowest BCUT2D eigenvalue weighted by atomic mass is 10.0.